The van der Waals surface area contributed by atoms with Crippen LogP contribution in [0.4, 0.5) is 4.79 Å². The van der Waals surface area contributed by atoms with E-state index in [1.165, 1.54) is 0 Å². The van der Waals surface area contributed by atoms with Crippen LogP contribution in [0.25, 0.3) is 11.1 Å². The molecule has 0 radical (unpaired) electrons. The van der Waals surface area contributed by atoms with Crippen molar-refractivity contribution in [1.82, 2.24) is 25.0 Å². The lowest BCUT2D eigenvalue weighted by Crippen LogP contribution is -2.52. The maximum Gasteiger partial charge on any atom is 0.317 e. The molecule has 1 aliphatic rings. The Morgan fingerprint density at radius 1 is 1.17 bits per heavy atom. The van der Waals surface area contributed by atoms with Crippen molar-refractivity contribution in [2.24, 2.45) is 0 Å². The Morgan fingerprint density at radius 2 is 1.87 bits per heavy atom. The van der Waals surface area contributed by atoms with Crippen LogP contribution in [0.2, 0.25) is 0 Å². The second kappa shape index (κ2) is 9.93. The van der Waals surface area contributed by atoms with Gasteiger partial charge in [0.2, 0.25) is 5.89 Å². The molecular weight excluding hydrogens is 382 g/mol. The summed E-state index contributed by atoms with van der Waals surface area (Å²) in [5, 5.41) is 3.02. The van der Waals surface area contributed by atoms with Gasteiger partial charge in [0.15, 0.2) is 5.58 Å². The average molecular weight is 416 g/mol. The second-order valence-corrected chi connectivity index (χ2v) is 7.79. The number of nitrogens with zero attached hydrogens (tertiary/aromatic N) is 4. The Kier molecular flexibility index (Phi) is 7.31. The van der Waals surface area contributed by atoms with Gasteiger partial charge in [0.1, 0.15) is 5.52 Å². The van der Waals surface area contributed by atoms with E-state index >= 15 is 0 Å². The third kappa shape index (κ3) is 5.11. The van der Waals surface area contributed by atoms with Crippen molar-refractivity contribution in [3.05, 3.63) is 29.7 Å². The summed E-state index contributed by atoms with van der Waals surface area (Å²) in [6.07, 6.45) is 0.922. The van der Waals surface area contributed by atoms with Crippen molar-refractivity contribution in [1.29, 1.82) is 0 Å². The molecule has 0 spiro atoms. The molecule has 1 atom stereocenters. The van der Waals surface area contributed by atoms with Gasteiger partial charge in [-0.15, -0.1) is 0 Å². The zero-order valence-electron chi connectivity index (χ0n) is 18.5. The Balaban J connectivity index is 1.59. The SMILES string of the molecule is CC[C@H](C)NC(=O)N1CCN(Cc2nc3cc(C(=O)N(CC)CC)ccc3o2)CC1. The first-order valence-corrected chi connectivity index (χ1v) is 10.9. The summed E-state index contributed by atoms with van der Waals surface area (Å²) in [4.78, 5) is 35.3. The molecule has 164 valence electrons. The maximum atomic E-state index is 12.6. The molecule has 2 heterocycles. The highest BCUT2D eigenvalue weighted by molar-refractivity contribution is 5.97. The zero-order chi connectivity index (χ0) is 21.7. The van der Waals surface area contributed by atoms with E-state index in [0.29, 0.717) is 55.3 Å². The third-order valence-electron chi connectivity index (χ3n) is 5.73. The second-order valence-electron chi connectivity index (χ2n) is 7.79. The van der Waals surface area contributed by atoms with Gasteiger partial charge in [0.05, 0.1) is 6.54 Å². The molecule has 3 rings (SSSR count). The Morgan fingerprint density at radius 3 is 2.50 bits per heavy atom. The lowest BCUT2D eigenvalue weighted by molar-refractivity contribution is 0.0773. The quantitative estimate of drug-likeness (QED) is 0.752. The molecule has 0 bridgehead atoms. The molecule has 0 aliphatic carbocycles. The van der Waals surface area contributed by atoms with Crippen LogP contribution in [0, 0.1) is 0 Å². The van der Waals surface area contributed by atoms with Gasteiger partial charge < -0.3 is 19.5 Å². The zero-order valence-corrected chi connectivity index (χ0v) is 18.5. The van der Waals surface area contributed by atoms with Gasteiger partial charge in [0.25, 0.3) is 5.91 Å². The predicted octanol–water partition coefficient (Wildman–Crippen LogP) is 2.94. The van der Waals surface area contributed by atoms with Crippen LogP contribution >= 0.6 is 0 Å². The van der Waals surface area contributed by atoms with Crippen LogP contribution in [0.3, 0.4) is 0 Å². The van der Waals surface area contributed by atoms with Gasteiger partial charge >= 0.3 is 6.03 Å². The standard InChI is InChI=1S/C22H33N5O3/c1-5-16(4)23-22(29)27-12-10-25(11-13-27)15-20-24-18-14-17(8-9-19(18)30-20)21(28)26(6-2)7-3/h8-9,14,16H,5-7,10-13,15H2,1-4H3,(H,23,29)/t16-/m0/s1. The van der Waals surface area contributed by atoms with Gasteiger partial charge in [-0.1, -0.05) is 6.92 Å². The van der Waals surface area contributed by atoms with Crippen molar-refractivity contribution in [3.63, 3.8) is 0 Å². The van der Waals surface area contributed by atoms with E-state index in [1.807, 2.05) is 31.7 Å². The highest BCUT2D eigenvalue weighted by atomic mass is 16.3. The van der Waals surface area contributed by atoms with Gasteiger partial charge in [0, 0.05) is 50.9 Å². The number of oxazole rings is 1. The van der Waals surface area contributed by atoms with Crippen molar-refractivity contribution >= 4 is 23.0 Å². The number of hydrogen-bond acceptors (Lipinski definition) is 5. The van der Waals surface area contributed by atoms with Gasteiger partial charge in [-0.3, -0.25) is 9.69 Å². The summed E-state index contributed by atoms with van der Waals surface area (Å²) < 4.78 is 5.89. The molecule has 1 saturated heterocycles. The first-order valence-electron chi connectivity index (χ1n) is 10.9. The van der Waals surface area contributed by atoms with Crippen LogP contribution in [-0.4, -0.2) is 76.9 Å². The number of hydrogen-bond donors (Lipinski definition) is 1. The fraction of sp³-hybridized carbons (Fsp3) is 0.591. The largest absolute Gasteiger partial charge is 0.439 e. The Hall–Kier alpha value is -2.61. The minimum absolute atomic E-state index is 0.0104. The summed E-state index contributed by atoms with van der Waals surface area (Å²) in [6, 6.07) is 5.62. The molecule has 1 aromatic heterocycles. The van der Waals surface area contributed by atoms with Crippen LogP contribution in [0.5, 0.6) is 0 Å². The highest BCUT2D eigenvalue weighted by Gasteiger charge is 2.23. The van der Waals surface area contributed by atoms with Gasteiger partial charge in [-0.05, 0) is 45.4 Å². The van der Waals surface area contributed by atoms with E-state index in [9.17, 15) is 9.59 Å². The highest BCUT2D eigenvalue weighted by Crippen LogP contribution is 2.20. The number of benzene rings is 1. The minimum atomic E-state index is 0.0104. The number of urea groups is 1. The van der Waals surface area contributed by atoms with E-state index in [2.05, 4.69) is 22.1 Å². The van der Waals surface area contributed by atoms with E-state index in [-0.39, 0.29) is 18.0 Å². The Labute approximate surface area is 178 Å². The molecule has 3 amide bonds. The summed E-state index contributed by atoms with van der Waals surface area (Å²) in [5.41, 5.74) is 2.02. The topological polar surface area (TPSA) is 81.9 Å². The number of aromatic nitrogens is 1. The molecule has 0 saturated carbocycles. The number of nitrogens with one attached hydrogen (secondary N) is 1. The molecule has 1 fully saturated rings. The van der Waals surface area contributed by atoms with E-state index < -0.39 is 0 Å². The first-order chi connectivity index (χ1) is 14.4. The molecule has 30 heavy (non-hydrogen) atoms. The number of carbonyl (C=O) groups excluding carboxylic acids is 2. The predicted molar refractivity (Wildman–Crippen MR) is 116 cm³/mol. The molecule has 2 aromatic rings. The van der Waals surface area contributed by atoms with Crippen molar-refractivity contribution in [3.8, 4) is 0 Å². The molecular formula is C22H33N5O3. The smallest absolute Gasteiger partial charge is 0.317 e. The maximum absolute atomic E-state index is 12.6. The van der Waals surface area contributed by atoms with E-state index in [4.69, 9.17) is 4.42 Å². The first kappa shape index (κ1) is 22.1. The average Bonchev–Trinajstić information content (AvgIpc) is 3.16. The molecule has 1 aromatic carbocycles. The van der Waals surface area contributed by atoms with Crippen LogP contribution in [0.15, 0.2) is 22.6 Å². The minimum Gasteiger partial charge on any atom is -0.439 e. The van der Waals surface area contributed by atoms with E-state index in [0.717, 1.165) is 19.5 Å². The number of fused-ring (bicyclic) bond motifs is 1. The van der Waals surface area contributed by atoms with Gasteiger partial charge in [-0.2, -0.15) is 0 Å². The lowest BCUT2D eigenvalue weighted by Gasteiger charge is -2.34. The van der Waals surface area contributed by atoms with Crippen LogP contribution in [0.1, 0.15) is 50.4 Å². The number of rotatable bonds is 7. The molecule has 1 N–H and O–H groups in total. The molecule has 8 nitrogen and oxygen atoms in total. The number of piperazine rings is 1. The summed E-state index contributed by atoms with van der Waals surface area (Å²) >= 11 is 0. The number of amides is 3. The van der Waals surface area contributed by atoms with Gasteiger partial charge in [-0.25, -0.2) is 9.78 Å². The molecule has 8 heteroatoms. The summed E-state index contributed by atoms with van der Waals surface area (Å²) in [6.45, 7) is 12.9. The fourth-order valence-electron chi connectivity index (χ4n) is 3.57. The van der Waals surface area contributed by atoms with Crippen LogP contribution in [-0.2, 0) is 6.54 Å². The molecule has 0 unspecified atom stereocenters. The Bertz CT molecular complexity index is 869. The molecule has 1 aliphatic heterocycles. The summed E-state index contributed by atoms with van der Waals surface area (Å²) in [7, 11) is 0. The third-order valence-corrected chi connectivity index (χ3v) is 5.73. The summed E-state index contributed by atoms with van der Waals surface area (Å²) in [5.74, 6) is 0.646. The monoisotopic (exact) mass is 415 g/mol. The number of carbonyl (C=O) groups is 2. The van der Waals surface area contributed by atoms with E-state index in [1.54, 1.807) is 17.0 Å². The van der Waals surface area contributed by atoms with Crippen molar-refractivity contribution < 1.29 is 14.0 Å². The lowest BCUT2D eigenvalue weighted by atomic mass is 10.2. The van der Waals surface area contributed by atoms with Crippen molar-refractivity contribution in [2.75, 3.05) is 39.3 Å². The fourth-order valence-corrected chi connectivity index (χ4v) is 3.57. The normalized spacial score (nSPS) is 15.9. The van der Waals surface area contributed by atoms with Crippen LogP contribution < -0.4 is 5.32 Å². The van der Waals surface area contributed by atoms with Crippen molar-refractivity contribution in [2.45, 2.75) is 46.7 Å².